The summed E-state index contributed by atoms with van der Waals surface area (Å²) < 4.78 is 35.2. The van der Waals surface area contributed by atoms with Gasteiger partial charge in [0.15, 0.2) is 5.65 Å². The highest BCUT2D eigenvalue weighted by atomic mass is 35.5. The highest BCUT2D eigenvalue weighted by Crippen LogP contribution is 2.45. The molecule has 0 unspecified atom stereocenters. The zero-order valence-corrected chi connectivity index (χ0v) is 18.0. The number of hydrogen-bond acceptors (Lipinski definition) is 3. The first-order chi connectivity index (χ1) is 15.0. The van der Waals surface area contributed by atoms with Gasteiger partial charge in [-0.2, -0.15) is 5.10 Å². The molecule has 0 amide bonds. The molecule has 0 aliphatic heterocycles. The number of ether oxygens (including phenoxy) is 1. The van der Waals surface area contributed by atoms with Crippen LogP contribution in [0.1, 0.15) is 36.4 Å². The van der Waals surface area contributed by atoms with E-state index in [0.29, 0.717) is 43.8 Å². The molecule has 1 saturated carbocycles. The summed E-state index contributed by atoms with van der Waals surface area (Å²) in [5, 5.41) is 5.87. The molecule has 4 aromatic rings. The van der Waals surface area contributed by atoms with Crippen LogP contribution in [0.4, 0.5) is 8.78 Å². The Morgan fingerprint density at radius 2 is 1.77 bits per heavy atom. The molecule has 5 rings (SSSR count). The monoisotopic (exact) mass is 459 g/mol. The maximum Gasteiger partial charge on any atom is 0.264 e. The molecule has 1 fully saturated rings. The van der Waals surface area contributed by atoms with Crippen molar-refractivity contribution >= 4 is 34.2 Å². The van der Waals surface area contributed by atoms with E-state index >= 15 is 0 Å². The number of nitrogens with zero attached hydrogens (tertiary/aromatic N) is 3. The van der Waals surface area contributed by atoms with Crippen LogP contribution >= 0.6 is 23.2 Å². The Hall–Kier alpha value is -2.70. The van der Waals surface area contributed by atoms with Crippen LogP contribution in [-0.4, -0.2) is 21.9 Å². The minimum Gasteiger partial charge on any atom is -0.497 e. The fraction of sp³-hybridized carbons (Fsp3) is 0.217. The summed E-state index contributed by atoms with van der Waals surface area (Å²) in [6.45, 7) is 0. The second kappa shape index (κ2) is 7.77. The van der Waals surface area contributed by atoms with Crippen molar-refractivity contribution in [3.8, 4) is 22.7 Å². The van der Waals surface area contributed by atoms with Crippen LogP contribution < -0.4 is 4.74 Å². The molecule has 2 heterocycles. The van der Waals surface area contributed by atoms with Gasteiger partial charge in [0.25, 0.3) is 6.43 Å². The highest BCUT2D eigenvalue weighted by molar-refractivity contribution is 6.42. The predicted octanol–water partition coefficient (Wildman–Crippen LogP) is 7.22. The van der Waals surface area contributed by atoms with E-state index in [1.165, 1.54) is 6.07 Å². The summed E-state index contributed by atoms with van der Waals surface area (Å²) >= 11 is 12.2. The van der Waals surface area contributed by atoms with Gasteiger partial charge in [-0.3, -0.25) is 0 Å². The van der Waals surface area contributed by atoms with Crippen LogP contribution in [0.3, 0.4) is 0 Å². The molecule has 158 valence electrons. The third-order valence-electron chi connectivity index (χ3n) is 5.43. The normalized spacial score (nSPS) is 13.9. The molecule has 0 bridgehead atoms. The fourth-order valence-corrected chi connectivity index (χ4v) is 3.99. The molecule has 2 aromatic carbocycles. The summed E-state index contributed by atoms with van der Waals surface area (Å²) in [4.78, 5) is 4.74. The molecule has 0 spiro atoms. The van der Waals surface area contributed by atoms with Gasteiger partial charge >= 0.3 is 0 Å². The first kappa shape index (κ1) is 20.2. The van der Waals surface area contributed by atoms with E-state index in [1.54, 1.807) is 42.1 Å². The van der Waals surface area contributed by atoms with Crippen molar-refractivity contribution in [1.82, 2.24) is 14.8 Å². The van der Waals surface area contributed by atoms with Gasteiger partial charge in [0, 0.05) is 17.0 Å². The molecule has 0 N–H and O–H groups in total. The number of fused-ring (bicyclic) bond motifs is 1. The van der Waals surface area contributed by atoms with Gasteiger partial charge in [0.05, 0.1) is 39.6 Å². The SMILES string of the molecule is COc1ccc(-n2nc(C3CC3)c3c(C(F)F)cc(-c4ccc(Cl)c(Cl)c4)nc32)cc1. The Kier molecular flexibility index (Phi) is 5.07. The third kappa shape index (κ3) is 3.64. The zero-order chi connectivity index (χ0) is 21.7. The maximum absolute atomic E-state index is 14.2. The van der Waals surface area contributed by atoms with Gasteiger partial charge in [-0.25, -0.2) is 18.4 Å². The predicted molar refractivity (Wildman–Crippen MR) is 118 cm³/mol. The molecule has 0 atom stereocenters. The summed E-state index contributed by atoms with van der Waals surface area (Å²) in [7, 11) is 1.59. The van der Waals surface area contributed by atoms with Crippen molar-refractivity contribution < 1.29 is 13.5 Å². The Balaban J connectivity index is 1.78. The van der Waals surface area contributed by atoms with E-state index < -0.39 is 6.43 Å². The van der Waals surface area contributed by atoms with E-state index in [4.69, 9.17) is 38.0 Å². The molecule has 8 heteroatoms. The second-order valence-corrected chi connectivity index (χ2v) is 8.31. The zero-order valence-electron chi connectivity index (χ0n) is 16.4. The van der Waals surface area contributed by atoms with Gasteiger partial charge < -0.3 is 4.74 Å². The maximum atomic E-state index is 14.2. The summed E-state index contributed by atoms with van der Waals surface area (Å²) in [5.74, 6) is 0.873. The second-order valence-electron chi connectivity index (χ2n) is 7.49. The lowest BCUT2D eigenvalue weighted by molar-refractivity contribution is 0.153. The van der Waals surface area contributed by atoms with E-state index in [1.807, 2.05) is 12.1 Å². The summed E-state index contributed by atoms with van der Waals surface area (Å²) in [6, 6.07) is 13.7. The minimum absolute atomic E-state index is 0.0762. The van der Waals surface area contributed by atoms with Crippen molar-refractivity contribution in [2.45, 2.75) is 25.2 Å². The third-order valence-corrected chi connectivity index (χ3v) is 6.17. The van der Waals surface area contributed by atoms with E-state index in [2.05, 4.69) is 0 Å². The van der Waals surface area contributed by atoms with Crippen LogP contribution in [-0.2, 0) is 0 Å². The first-order valence-electron chi connectivity index (χ1n) is 9.78. The molecule has 0 saturated heterocycles. The summed E-state index contributed by atoms with van der Waals surface area (Å²) in [5.41, 5.74) is 2.71. The molecular formula is C23H17Cl2F2N3O. The molecule has 4 nitrogen and oxygen atoms in total. The molecule has 0 radical (unpaired) electrons. The molecular weight excluding hydrogens is 443 g/mol. The van der Waals surface area contributed by atoms with Gasteiger partial charge in [-0.05, 0) is 55.3 Å². The standard InChI is InChI=1S/C23H17Cl2F2N3O/c1-31-15-7-5-14(6-8-15)30-23-20(21(29-30)12-2-3-12)16(22(26)27)11-19(28-23)13-4-9-17(24)18(25)10-13/h4-12,22H,2-3H2,1H3. The Morgan fingerprint density at radius 3 is 2.39 bits per heavy atom. The van der Waals surface area contributed by atoms with Gasteiger partial charge in [-0.15, -0.1) is 0 Å². The van der Waals surface area contributed by atoms with Crippen LogP contribution in [0.5, 0.6) is 5.75 Å². The number of halogens is 4. The Bertz CT molecular complexity index is 1280. The van der Waals surface area contributed by atoms with Crippen molar-refractivity contribution in [3.63, 3.8) is 0 Å². The number of alkyl halides is 2. The summed E-state index contributed by atoms with van der Waals surface area (Å²) in [6.07, 6.45) is -0.796. The largest absolute Gasteiger partial charge is 0.497 e. The molecule has 2 aromatic heterocycles. The lowest BCUT2D eigenvalue weighted by Gasteiger charge is -2.10. The average molecular weight is 460 g/mol. The number of benzene rings is 2. The van der Waals surface area contributed by atoms with E-state index in [9.17, 15) is 8.78 Å². The van der Waals surface area contributed by atoms with Crippen LogP contribution in [0.25, 0.3) is 28.0 Å². The Morgan fingerprint density at radius 1 is 1.03 bits per heavy atom. The van der Waals surface area contributed by atoms with Gasteiger partial charge in [0.1, 0.15) is 5.75 Å². The molecule has 1 aliphatic carbocycles. The first-order valence-corrected chi connectivity index (χ1v) is 10.5. The van der Waals surface area contributed by atoms with Crippen molar-refractivity contribution in [2.24, 2.45) is 0 Å². The molecule has 31 heavy (non-hydrogen) atoms. The lowest BCUT2D eigenvalue weighted by atomic mass is 10.0. The number of rotatable bonds is 5. The molecule has 1 aliphatic rings. The van der Waals surface area contributed by atoms with Gasteiger partial charge in [0.2, 0.25) is 0 Å². The Labute approximate surface area is 187 Å². The van der Waals surface area contributed by atoms with Crippen molar-refractivity contribution in [3.05, 3.63) is 69.8 Å². The highest BCUT2D eigenvalue weighted by Gasteiger charge is 2.33. The average Bonchev–Trinajstić information content (AvgIpc) is 3.55. The lowest BCUT2D eigenvalue weighted by Crippen LogP contribution is -2.00. The van der Waals surface area contributed by atoms with E-state index in [0.717, 1.165) is 18.5 Å². The van der Waals surface area contributed by atoms with E-state index in [-0.39, 0.29) is 11.5 Å². The van der Waals surface area contributed by atoms with Crippen LogP contribution in [0.15, 0.2) is 48.5 Å². The quantitative estimate of drug-likeness (QED) is 0.316. The van der Waals surface area contributed by atoms with Crippen LogP contribution in [0, 0.1) is 0 Å². The van der Waals surface area contributed by atoms with Gasteiger partial charge in [-0.1, -0.05) is 29.3 Å². The number of hydrogen-bond donors (Lipinski definition) is 0. The topological polar surface area (TPSA) is 39.9 Å². The van der Waals surface area contributed by atoms with Crippen molar-refractivity contribution in [2.75, 3.05) is 7.11 Å². The number of aromatic nitrogens is 3. The number of pyridine rings is 1. The van der Waals surface area contributed by atoms with Crippen molar-refractivity contribution in [1.29, 1.82) is 0 Å². The van der Waals surface area contributed by atoms with Crippen LogP contribution in [0.2, 0.25) is 10.0 Å². The fourth-order valence-electron chi connectivity index (χ4n) is 3.69. The minimum atomic E-state index is -2.67. The smallest absolute Gasteiger partial charge is 0.264 e. The number of methoxy groups -OCH3 is 1.